The number of hydrogen-bond donors (Lipinski definition) is 2. The van der Waals surface area contributed by atoms with E-state index in [0.717, 1.165) is 11.3 Å². The Morgan fingerprint density at radius 2 is 1.93 bits per heavy atom. The Labute approximate surface area is 92.1 Å². The third-order valence-corrected chi connectivity index (χ3v) is 2.20. The van der Waals surface area contributed by atoms with E-state index >= 15 is 0 Å². The lowest BCUT2D eigenvalue weighted by Gasteiger charge is -2.04. The summed E-state index contributed by atoms with van der Waals surface area (Å²) < 4.78 is 0. The number of anilines is 1. The summed E-state index contributed by atoms with van der Waals surface area (Å²) in [6.45, 7) is 0. The zero-order valence-corrected chi connectivity index (χ0v) is 8.57. The van der Waals surface area contributed by atoms with Gasteiger partial charge in [-0.1, -0.05) is 41.9 Å². The fraction of sp³-hybridized carbons (Fsp3) is 0. The molecule has 3 N–H and O–H groups in total. The van der Waals surface area contributed by atoms with Crippen molar-refractivity contribution in [2.45, 2.75) is 0 Å². The van der Waals surface area contributed by atoms with Crippen molar-refractivity contribution in [3.05, 3.63) is 41.7 Å². The zero-order valence-electron chi connectivity index (χ0n) is 7.81. The van der Waals surface area contributed by atoms with Gasteiger partial charge in [-0.25, -0.2) is 15.8 Å². The Balaban J connectivity index is 2.43. The number of nitrogens with zero attached hydrogens (tertiary/aromatic N) is 2. The predicted octanol–water partition coefficient (Wildman–Crippen LogP) is 2.08. The maximum atomic E-state index is 5.86. The molecule has 1 aromatic heterocycles. The highest BCUT2D eigenvalue weighted by Gasteiger charge is 2.04. The summed E-state index contributed by atoms with van der Waals surface area (Å²) in [7, 11) is 0. The fourth-order valence-corrected chi connectivity index (χ4v) is 1.41. The van der Waals surface area contributed by atoms with Crippen molar-refractivity contribution >= 4 is 17.4 Å². The quantitative estimate of drug-likeness (QED) is 0.601. The number of aromatic nitrogens is 2. The smallest absolute Gasteiger partial charge is 0.178 e. The second kappa shape index (κ2) is 4.25. The monoisotopic (exact) mass is 220 g/mol. The Hall–Kier alpha value is -1.65. The van der Waals surface area contributed by atoms with Crippen LogP contribution in [0.1, 0.15) is 0 Å². The van der Waals surface area contributed by atoms with Gasteiger partial charge in [0.15, 0.2) is 11.0 Å². The summed E-state index contributed by atoms with van der Waals surface area (Å²) in [6.07, 6.45) is 1.62. The number of nitrogen functional groups attached to an aromatic ring is 1. The van der Waals surface area contributed by atoms with E-state index in [2.05, 4.69) is 15.4 Å². The lowest BCUT2D eigenvalue weighted by Crippen LogP contribution is -2.09. The van der Waals surface area contributed by atoms with Crippen molar-refractivity contribution in [1.29, 1.82) is 0 Å². The highest BCUT2D eigenvalue weighted by atomic mass is 35.5. The molecule has 0 aliphatic heterocycles. The first kappa shape index (κ1) is 9.89. The highest BCUT2D eigenvalue weighted by Crippen LogP contribution is 2.21. The molecule has 15 heavy (non-hydrogen) atoms. The van der Waals surface area contributed by atoms with Gasteiger partial charge in [-0.2, -0.15) is 0 Å². The molecule has 2 aromatic rings. The maximum absolute atomic E-state index is 5.86. The van der Waals surface area contributed by atoms with Crippen molar-refractivity contribution in [3.63, 3.8) is 0 Å². The summed E-state index contributed by atoms with van der Waals surface area (Å²) >= 11 is 5.86. The van der Waals surface area contributed by atoms with E-state index in [1.165, 1.54) is 0 Å². The van der Waals surface area contributed by atoms with Gasteiger partial charge in [0.1, 0.15) is 0 Å². The zero-order chi connectivity index (χ0) is 10.7. The minimum atomic E-state index is 0.263. The molecule has 76 valence electrons. The van der Waals surface area contributed by atoms with Crippen molar-refractivity contribution in [3.8, 4) is 11.3 Å². The molecule has 0 radical (unpaired) electrons. The molecule has 0 unspecified atom stereocenters. The normalized spacial score (nSPS) is 10.0. The van der Waals surface area contributed by atoms with Crippen molar-refractivity contribution in [2.24, 2.45) is 5.84 Å². The van der Waals surface area contributed by atoms with Crippen LogP contribution in [0.4, 0.5) is 5.82 Å². The van der Waals surface area contributed by atoms with Gasteiger partial charge in [-0.15, -0.1) is 0 Å². The Morgan fingerprint density at radius 3 is 2.53 bits per heavy atom. The lowest BCUT2D eigenvalue weighted by atomic mass is 10.2. The number of hydrogen-bond acceptors (Lipinski definition) is 4. The van der Waals surface area contributed by atoms with Crippen LogP contribution >= 0.6 is 11.6 Å². The molecule has 0 saturated heterocycles. The molecule has 0 bridgehead atoms. The van der Waals surface area contributed by atoms with Crippen molar-refractivity contribution in [2.75, 3.05) is 5.43 Å². The topological polar surface area (TPSA) is 63.8 Å². The van der Waals surface area contributed by atoms with E-state index in [-0.39, 0.29) is 5.15 Å². The van der Waals surface area contributed by atoms with Crippen LogP contribution in [0, 0.1) is 0 Å². The summed E-state index contributed by atoms with van der Waals surface area (Å²) in [5, 5.41) is 0.263. The second-order valence-electron chi connectivity index (χ2n) is 2.91. The Morgan fingerprint density at radius 1 is 1.20 bits per heavy atom. The first-order chi connectivity index (χ1) is 7.31. The van der Waals surface area contributed by atoms with Gasteiger partial charge in [0, 0.05) is 5.56 Å². The Kier molecular flexibility index (Phi) is 2.80. The predicted molar refractivity (Wildman–Crippen MR) is 60.3 cm³/mol. The first-order valence-electron chi connectivity index (χ1n) is 4.36. The van der Waals surface area contributed by atoms with E-state index < -0.39 is 0 Å². The molecular formula is C10H9ClN4. The van der Waals surface area contributed by atoms with Gasteiger partial charge in [-0.05, 0) is 0 Å². The van der Waals surface area contributed by atoms with Gasteiger partial charge in [0.25, 0.3) is 0 Å². The third kappa shape index (κ3) is 2.06. The lowest BCUT2D eigenvalue weighted by molar-refractivity contribution is 1.16. The van der Waals surface area contributed by atoms with E-state index in [1.807, 2.05) is 30.3 Å². The molecule has 5 heteroatoms. The van der Waals surface area contributed by atoms with Crippen LogP contribution in [0.2, 0.25) is 5.15 Å². The molecule has 4 nitrogen and oxygen atoms in total. The van der Waals surface area contributed by atoms with Crippen molar-refractivity contribution in [1.82, 2.24) is 9.97 Å². The highest BCUT2D eigenvalue weighted by molar-refractivity contribution is 6.31. The molecule has 0 aliphatic rings. The number of nitrogens with two attached hydrogens (primary N) is 1. The van der Waals surface area contributed by atoms with Gasteiger partial charge in [0.05, 0.1) is 11.9 Å². The SMILES string of the molecule is NNc1ncc(-c2ccccc2)nc1Cl. The molecule has 0 amide bonds. The molecule has 0 atom stereocenters. The molecule has 0 saturated carbocycles. The summed E-state index contributed by atoms with van der Waals surface area (Å²) in [5.74, 6) is 5.57. The largest absolute Gasteiger partial charge is 0.306 e. The summed E-state index contributed by atoms with van der Waals surface area (Å²) in [5.41, 5.74) is 4.06. The van der Waals surface area contributed by atoms with Gasteiger partial charge in [-0.3, -0.25) is 0 Å². The number of benzene rings is 1. The Bertz CT molecular complexity index is 458. The van der Waals surface area contributed by atoms with Crippen LogP contribution in [-0.2, 0) is 0 Å². The molecule has 1 heterocycles. The van der Waals surface area contributed by atoms with E-state index in [1.54, 1.807) is 6.20 Å². The van der Waals surface area contributed by atoms with Gasteiger partial charge < -0.3 is 5.43 Å². The number of hydrazine groups is 1. The first-order valence-corrected chi connectivity index (χ1v) is 4.73. The number of nitrogens with one attached hydrogen (secondary N) is 1. The molecule has 0 aliphatic carbocycles. The van der Waals surface area contributed by atoms with Crippen LogP contribution in [0.3, 0.4) is 0 Å². The molecule has 1 aromatic carbocycles. The minimum Gasteiger partial charge on any atom is -0.306 e. The number of halogens is 1. The second-order valence-corrected chi connectivity index (χ2v) is 3.26. The third-order valence-electron chi connectivity index (χ3n) is 1.94. The molecule has 0 fully saturated rings. The van der Waals surface area contributed by atoms with E-state index in [4.69, 9.17) is 17.4 Å². The van der Waals surface area contributed by atoms with Crippen LogP contribution in [-0.4, -0.2) is 9.97 Å². The standard InChI is InChI=1S/C10H9ClN4/c11-9-10(15-12)13-6-8(14-9)7-4-2-1-3-5-7/h1-6H,12H2,(H,13,15). The van der Waals surface area contributed by atoms with Crippen molar-refractivity contribution < 1.29 is 0 Å². The molecular weight excluding hydrogens is 212 g/mol. The van der Waals surface area contributed by atoms with E-state index in [9.17, 15) is 0 Å². The summed E-state index contributed by atoms with van der Waals surface area (Å²) in [6, 6.07) is 9.68. The molecule has 2 rings (SSSR count). The number of rotatable bonds is 2. The van der Waals surface area contributed by atoms with Gasteiger partial charge in [0.2, 0.25) is 0 Å². The average Bonchev–Trinajstić information content (AvgIpc) is 2.30. The van der Waals surface area contributed by atoms with E-state index in [0.29, 0.717) is 5.82 Å². The van der Waals surface area contributed by atoms with Crippen LogP contribution in [0.25, 0.3) is 11.3 Å². The van der Waals surface area contributed by atoms with Gasteiger partial charge >= 0.3 is 0 Å². The maximum Gasteiger partial charge on any atom is 0.178 e. The minimum absolute atomic E-state index is 0.263. The van der Waals surface area contributed by atoms with Crippen LogP contribution < -0.4 is 11.3 Å². The fourth-order valence-electron chi connectivity index (χ4n) is 1.21. The van der Waals surface area contributed by atoms with Crippen LogP contribution in [0.15, 0.2) is 36.5 Å². The van der Waals surface area contributed by atoms with Crippen LogP contribution in [0.5, 0.6) is 0 Å². The molecule has 0 spiro atoms. The summed E-state index contributed by atoms with van der Waals surface area (Å²) in [4.78, 5) is 8.22. The average molecular weight is 221 g/mol.